The second-order valence-electron chi connectivity index (χ2n) is 6.34. The van der Waals surface area contributed by atoms with Gasteiger partial charge < -0.3 is 15.1 Å². The molecule has 1 aromatic carbocycles. The lowest BCUT2D eigenvalue weighted by atomic mass is 10.1. The van der Waals surface area contributed by atoms with Crippen molar-refractivity contribution in [3.8, 4) is 0 Å². The fourth-order valence-electron chi connectivity index (χ4n) is 2.84. The fourth-order valence-corrected chi connectivity index (χ4v) is 3.08. The molecule has 0 atom stereocenters. The van der Waals surface area contributed by atoms with Crippen LogP contribution in [-0.2, 0) is 4.79 Å². The van der Waals surface area contributed by atoms with Crippen molar-refractivity contribution < 1.29 is 14.0 Å². The molecule has 2 fully saturated rings. The Morgan fingerprint density at radius 3 is 2.46 bits per heavy atom. The maximum Gasteiger partial charge on any atom is 0.258 e. The highest BCUT2D eigenvalue weighted by Gasteiger charge is 2.28. The molecule has 0 radical (unpaired) electrons. The molecule has 1 aliphatic heterocycles. The third-order valence-electron chi connectivity index (χ3n) is 4.50. The van der Waals surface area contributed by atoms with Gasteiger partial charge in [0.05, 0.1) is 17.1 Å². The molecule has 130 valence electrons. The maximum absolute atomic E-state index is 13.9. The zero-order valence-electron chi connectivity index (χ0n) is 13.4. The van der Waals surface area contributed by atoms with Crippen molar-refractivity contribution in [3.63, 3.8) is 0 Å². The number of amides is 2. The molecule has 0 bridgehead atoms. The Morgan fingerprint density at radius 1 is 1.17 bits per heavy atom. The van der Waals surface area contributed by atoms with Crippen molar-refractivity contribution >= 4 is 23.4 Å². The molecule has 1 heterocycles. The van der Waals surface area contributed by atoms with Gasteiger partial charge in [-0.2, -0.15) is 0 Å². The molecule has 2 aliphatic rings. The van der Waals surface area contributed by atoms with Gasteiger partial charge in [0, 0.05) is 26.2 Å². The Balaban J connectivity index is 1.50. The molecule has 1 saturated heterocycles. The smallest absolute Gasteiger partial charge is 0.258 e. The average Bonchev–Trinajstić information content (AvgIpc) is 3.39. The first-order chi connectivity index (χ1) is 11.6. The summed E-state index contributed by atoms with van der Waals surface area (Å²) in [4.78, 5) is 27.9. The van der Waals surface area contributed by atoms with Crippen LogP contribution in [0.15, 0.2) is 18.2 Å². The van der Waals surface area contributed by atoms with E-state index in [0.717, 1.165) is 12.5 Å². The van der Waals surface area contributed by atoms with Crippen molar-refractivity contribution in [2.75, 3.05) is 39.3 Å². The van der Waals surface area contributed by atoms with Crippen LogP contribution < -0.4 is 5.32 Å². The number of hydrogen-bond donors (Lipinski definition) is 1. The van der Waals surface area contributed by atoms with Gasteiger partial charge in [0.25, 0.3) is 5.91 Å². The van der Waals surface area contributed by atoms with Crippen LogP contribution in [0.25, 0.3) is 0 Å². The van der Waals surface area contributed by atoms with Crippen LogP contribution >= 0.6 is 11.6 Å². The van der Waals surface area contributed by atoms with Crippen LogP contribution in [0.2, 0.25) is 5.02 Å². The molecular formula is C17H21ClFN3O2. The van der Waals surface area contributed by atoms with E-state index >= 15 is 0 Å². The van der Waals surface area contributed by atoms with Gasteiger partial charge in [-0.15, -0.1) is 0 Å². The Hall–Kier alpha value is -1.66. The topological polar surface area (TPSA) is 52.7 Å². The highest BCUT2D eigenvalue weighted by atomic mass is 35.5. The minimum atomic E-state index is -0.615. The van der Waals surface area contributed by atoms with E-state index in [1.54, 1.807) is 9.80 Å². The van der Waals surface area contributed by atoms with E-state index in [0.29, 0.717) is 32.7 Å². The summed E-state index contributed by atoms with van der Waals surface area (Å²) in [5.74, 6) is -0.253. The number of carbonyl (C=O) groups excluding carboxylic acids is 2. The molecule has 7 heteroatoms. The van der Waals surface area contributed by atoms with E-state index in [4.69, 9.17) is 11.6 Å². The van der Waals surface area contributed by atoms with Gasteiger partial charge >= 0.3 is 0 Å². The third kappa shape index (κ3) is 4.05. The average molecular weight is 354 g/mol. The highest BCUT2D eigenvalue weighted by Crippen LogP contribution is 2.27. The van der Waals surface area contributed by atoms with Crippen molar-refractivity contribution in [3.05, 3.63) is 34.6 Å². The van der Waals surface area contributed by atoms with Gasteiger partial charge in [0.2, 0.25) is 5.91 Å². The maximum atomic E-state index is 13.9. The first-order valence-electron chi connectivity index (χ1n) is 8.28. The summed E-state index contributed by atoms with van der Waals surface area (Å²) in [6.07, 6.45) is 2.50. The van der Waals surface area contributed by atoms with Crippen molar-refractivity contribution in [2.24, 2.45) is 5.92 Å². The lowest BCUT2D eigenvalue weighted by molar-refractivity contribution is -0.131. The van der Waals surface area contributed by atoms with Crippen molar-refractivity contribution in [1.29, 1.82) is 0 Å². The Kier molecular flexibility index (Phi) is 5.36. The molecule has 1 saturated carbocycles. The number of piperazine rings is 1. The predicted octanol–water partition coefficient (Wildman–Crippen LogP) is 1.76. The van der Waals surface area contributed by atoms with Crippen LogP contribution in [0.4, 0.5) is 4.39 Å². The molecule has 0 spiro atoms. The van der Waals surface area contributed by atoms with Gasteiger partial charge in [-0.25, -0.2) is 4.39 Å². The number of nitrogens with one attached hydrogen (secondary N) is 1. The standard InChI is InChI=1S/C17H21ClFN3O2/c18-13-2-1-3-14(19)16(13)17(24)22-8-6-21(7-9-22)15(23)11-20-10-12-4-5-12/h1-3,12,20H,4-11H2. The fraction of sp³-hybridized carbons (Fsp3) is 0.529. The zero-order valence-corrected chi connectivity index (χ0v) is 14.2. The minimum Gasteiger partial charge on any atom is -0.338 e. The Morgan fingerprint density at radius 2 is 1.83 bits per heavy atom. The van der Waals surface area contributed by atoms with E-state index < -0.39 is 11.7 Å². The Labute approximate surface area is 145 Å². The molecule has 0 aromatic heterocycles. The van der Waals surface area contributed by atoms with E-state index in [1.807, 2.05) is 0 Å². The summed E-state index contributed by atoms with van der Waals surface area (Å²) >= 11 is 5.95. The number of halogens is 2. The van der Waals surface area contributed by atoms with Crippen LogP contribution in [-0.4, -0.2) is 60.9 Å². The lowest BCUT2D eigenvalue weighted by Gasteiger charge is -2.35. The molecule has 24 heavy (non-hydrogen) atoms. The lowest BCUT2D eigenvalue weighted by Crippen LogP contribution is -2.52. The van der Waals surface area contributed by atoms with Crippen molar-refractivity contribution in [2.45, 2.75) is 12.8 Å². The third-order valence-corrected chi connectivity index (χ3v) is 4.82. The van der Waals surface area contributed by atoms with E-state index in [1.165, 1.54) is 31.0 Å². The second kappa shape index (κ2) is 7.49. The summed E-state index contributed by atoms with van der Waals surface area (Å²) in [5.41, 5.74) is -0.0926. The normalized spacial score (nSPS) is 17.9. The molecule has 1 N–H and O–H groups in total. The molecular weight excluding hydrogens is 333 g/mol. The number of carbonyl (C=O) groups is 2. The summed E-state index contributed by atoms with van der Waals surface area (Å²) in [6, 6.07) is 4.20. The predicted molar refractivity (Wildman–Crippen MR) is 89.5 cm³/mol. The molecule has 1 aliphatic carbocycles. The quantitative estimate of drug-likeness (QED) is 0.877. The minimum absolute atomic E-state index is 0.0478. The highest BCUT2D eigenvalue weighted by molar-refractivity contribution is 6.33. The van der Waals surface area contributed by atoms with E-state index in [-0.39, 0.29) is 16.5 Å². The van der Waals surface area contributed by atoms with Crippen molar-refractivity contribution in [1.82, 2.24) is 15.1 Å². The van der Waals surface area contributed by atoms with Gasteiger partial charge in [-0.3, -0.25) is 9.59 Å². The van der Waals surface area contributed by atoms with Crippen LogP contribution in [0, 0.1) is 11.7 Å². The second-order valence-corrected chi connectivity index (χ2v) is 6.75. The first-order valence-corrected chi connectivity index (χ1v) is 8.66. The zero-order chi connectivity index (χ0) is 17.1. The molecule has 3 rings (SSSR count). The number of rotatable bonds is 5. The Bertz CT molecular complexity index is 608. The van der Waals surface area contributed by atoms with Crippen LogP contribution in [0.1, 0.15) is 23.2 Å². The summed E-state index contributed by atoms with van der Waals surface area (Å²) in [6.45, 7) is 2.93. The van der Waals surface area contributed by atoms with Crippen LogP contribution in [0.3, 0.4) is 0 Å². The van der Waals surface area contributed by atoms with Gasteiger partial charge in [-0.05, 0) is 37.4 Å². The summed E-state index contributed by atoms with van der Waals surface area (Å²) in [5, 5.41) is 3.29. The largest absolute Gasteiger partial charge is 0.338 e. The van der Waals surface area contributed by atoms with Gasteiger partial charge in [0.1, 0.15) is 5.82 Å². The summed E-state index contributed by atoms with van der Waals surface area (Å²) < 4.78 is 13.9. The van der Waals surface area contributed by atoms with Gasteiger partial charge in [0.15, 0.2) is 0 Å². The van der Waals surface area contributed by atoms with E-state index in [9.17, 15) is 14.0 Å². The van der Waals surface area contributed by atoms with Crippen LogP contribution in [0.5, 0.6) is 0 Å². The number of nitrogens with zero attached hydrogens (tertiary/aromatic N) is 2. The molecule has 1 aromatic rings. The summed E-state index contributed by atoms with van der Waals surface area (Å²) in [7, 11) is 0. The first kappa shape index (κ1) is 17.2. The number of benzene rings is 1. The molecule has 0 unspecified atom stereocenters. The van der Waals surface area contributed by atoms with Gasteiger partial charge in [-0.1, -0.05) is 17.7 Å². The monoisotopic (exact) mass is 353 g/mol. The molecule has 5 nitrogen and oxygen atoms in total. The SMILES string of the molecule is O=C(CNCC1CC1)N1CCN(C(=O)c2c(F)cccc2Cl)CC1. The van der Waals surface area contributed by atoms with E-state index in [2.05, 4.69) is 5.32 Å². The molecule has 2 amide bonds. The number of hydrogen-bond acceptors (Lipinski definition) is 3.